The van der Waals surface area contributed by atoms with Gasteiger partial charge in [-0.15, -0.1) is 0 Å². The lowest BCUT2D eigenvalue weighted by molar-refractivity contribution is -0.115. The molecule has 0 amide bonds. The number of hydrogen-bond donors (Lipinski definition) is 0. The third-order valence-corrected chi connectivity index (χ3v) is 4.71. The number of fused-ring (bicyclic) bond motifs is 1. The zero-order valence-electron chi connectivity index (χ0n) is 13.5. The molecule has 0 radical (unpaired) electrons. The molecule has 0 bridgehead atoms. The maximum Gasteiger partial charge on any atom is 0.170 e. The molecule has 2 nitrogen and oxygen atoms in total. The van der Waals surface area contributed by atoms with Crippen LogP contribution in [0.15, 0.2) is 71.5 Å². The second kappa shape index (κ2) is 5.97. The molecule has 3 aromatic rings. The Morgan fingerprint density at radius 2 is 1.67 bits per heavy atom. The van der Waals surface area contributed by atoms with E-state index >= 15 is 0 Å². The summed E-state index contributed by atoms with van der Waals surface area (Å²) in [5.41, 5.74) is 6.20. The fraction of sp³-hybridized carbons (Fsp3) is 0.136. The van der Waals surface area contributed by atoms with E-state index in [1.165, 1.54) is 0 Å². The van der Waals surface area contributed by atoms with Crippen molar-refractivity contribution in [2.45, 2.75) is 19.3 Å². The van der Waals surface area contributed by atoms with Gasteiger partial charge in [-0.1, -0.05) is 55.5 Å². The Labute approximate surface area is 141 Å². The molecule has 1 aromatic heterocycles. The van der Waals surface area contributed by atoms with Gasteiger partial charge < -0.3 is 4.42 Å². The molecule has 118 valence electrons. The van der Waals surface area contributed by atoms with Crippen LogP contribution in [0, 0.1) is 0 Å². The predicted molar refractivity (Wildman–Crippen MR) is 96.5 cm³/mol. The monoisotopic (exact) mass is 314 g/mol. The lowest BCUT2D eigenvalue weighted by atomic mass is 9.78. The minimum absolute atomic E-state index is 0.0465. The van der Waals surface area contributed by atoms with Crippen molar-refractivity contribution in [3.05, 3.63) is 83.8 Å². The maximum absolute atomic E-state index is 13.0. The number of furan rings is 1. The van der Waals surface area contributed by atoms with Gasteiger partial charge in [0.2, 0.25) is 0 Å². The Morgan fingerprint density at radius 3 is 2.38 bits per heavy atom. The Bertz CT molecular complexity index is 899. The number of ketones is 1. The molecule has 0 aliphatic heterocycles. The second-order valence-electron chi connectivity index (χ2n) is 6.10. The lowest BCUT2D eigenvalue weighted by Crippen LogP contribution is -2.18. The summed E-state index contributed by atoms with van der Waals surface area (Å²) in [6.07, 6.45) is 6.24. The van der Waals surface area contributed by atoms with Crippen LogP contribution >= 0.6 is 0 Å². The number of benzene rings is 2. The zero-order chi connectivity index (χ0) is 16.5. The normalized spacial score (nSPS) is 16.6. The molecule has 0 N–H and O–H groups in total. The molecule has 0 saturated heterocycles. The zero-order valence-corrected chi connectivity index (χ0v) is 13.5. The summed E-state index contributed by atoms with van der Waals surface area (Å²) in [7, 11) is 0. The van der Waals surface area contributed by atoms with E-state index in [0.717, 1.165) is 39.8 Å². The van der Waals surface area contributed by atoms with Gasteiger partial charge in [0.1, 0.15) is 0 Å². The number of Topliss-reactive ketones (excluding diaryl/α,β-unsaturated/α-hetero) is 1. The molecule has 1 atom stereocenters. The van der Waals surface area contributed by atoms with Crippen LogP contribution in [-0.2, 0) is 4.79 Å². The van der Waals surface area contributed by atoms with Gasteiger partial charge in [-0.2, -0.15) is 0 Å². The average Bonchev–Trinajstić information content (AvgIpc) is 3.16. The predicted octanol–water partition coefficient (Wildman–Crippen LogP) is 5.56. The van der Waals surface area contributed by atoms with E-state index in [-0.39, 0.29) is 11.7 Å². The summed E-state index contributed by atoms with van der Waals surface area (Å²) >= 11 is 0. The minimum Gasteiger partial charge on any atom is -0.472 e. The molecule has 4 rings (SSSR count). The van der Waals surface area contributed by atoms with Crippen molar-refractivity contribution in [1.29, 1.82) is 0 Å². The summed E-state index contributed by atoms with van der Waals surface area (Å²) in [5, 5.41) is 0. The molecule has 0 saturated carbocycles. The minimum atomic E-state index is -0.0465. The maximum atomic E-state index is 13.0. The Hall–Kier alpha value is -2.87. The highest BCUT2D eigenvalue weighted by Gasteiger charge is 2.28. The van der Waals surface area contributed by atoms with E-state index < -0.39 is 0 Å². The van der Waals surface area contributed by atoms with Crippen LogP contribution in [0.2, 0.25) is 0 Å². The molecule has 2 heteroatoms. The van der Waals surface area contributed by atoms with E-state index in [1.54, 1.807) is 12.5 Å². The van der Waals surface area contributed by atoms with Gasteiger partial charge in [0, 0.05) is 17.1 Å². The van der Waals surface area contributed by atoms with Gasteiger partial charge in [0.15, 0.2) is 5.78 Å². The molecule has 2 aromatic carbocycles. The van der Waals surface area contributed by atoms with Crippen LogP contribution in [-0.4, -0.2) is 5.78 Å². The topological polar surface area (TPSA) is 30.2 Å². The third-order valence-electron chi connectivity index (χ3n) is 4.71. The summed E-state index contributed by atoms with van der Waals surface area (Å²) in [6, 6.07) is 18.2. The van der Waals surface area contributed by atoms with E-state index in [9.17, 15) is 4.79 Å². The van der Waals surface area contributed by atoms with Crippen LogP contribution in [0.4, 0.5) is 0 Å². The molecule has 0 spiro atoms. The molecule has 0 fully saturated rings. The van der Waals surface area contributed by atoms with Crippen molar-refractivity contribution in [1.82, 2.24) is 0 Å². The Morgan fingerprint density at radius 1 is 0.917 bits per heavy atom. The van der Waals surface area contributed by atoms with E-state index in [1.807, 2.05) is 48.5 Å². The standard InChI is InChI=1S/C22H18O2/c1-2-19-20-6-4-3-5-17(20)13-21(22(19)23)16-9-7-15(8-10-16)18-11-12-24-14-18/h3-14,19H,2H2,1H3. The summed E-state index contributed by atoms with van der Waals surface area (Å²) in [4.78, 5) is 13.0. The SMILES string of the molecule is CCC1C(=O)C(c2ccc(-c3ccoc3)cc2)=Cc2ccccc21. The summed E-state index contributed by atoms with van der Waals surface area (Å²) < 4.78 is 5.13. The van der Waals surface area contributed by atoms with Crippen LogP contribution < -0.4 is 0 Å². The number of carbonyl (C=O) groups is 1. The van der Waals surface area contributed by atoms with E-state index in [2.05, 4.69) is 19.1 Å². The quantitative estimate of drug-likeness (QED) is 0.633. The fourth-order valence-corrected chi connectivity index (χ4v) is 3.42. The molecule has 24 heavy (non-hydrogen) atoms. The van der Waals surface area contributed by atoms with Crippen molar-refractivity contribution in [2.24, 2.45) is 0 Å². The van der Waals surface area contributed by atoms with E-state index in [0.29, 0.717) is 0 Å². The number of allylic oxidation sites excluding steroid dienone is 1. The van der Waals surface area contributed by atoms with Gasteiger partial charge in [-0.25, -0.2) is 0 Å². The van der Waals surface area contributed by atoms with Gasteiger partial charge in [0.25, 0.3) is 0 Å². The summed E-state index contributed by atoms with van der Waals surface area (Å²) in [6.45, 7) is 2.07. The van der Waals surface area contributed by atoms with Crippen molar-refractivity contribution >= 4 is 17.4 Å². The first-order valence-electron chi connectivity index (χ1n) is 8.25. The van der Waals surface area contributed by atoms with Crippen molar-refractivity contribution in [2.75, 3.05) is 0 Å². The number of rotatable bonds is 3. The smallest absolute Gasteiger partial charge is 0.170 e. The van der Waals surface area contributed by atoms with Gasteiger partial charge in [-0.3, -0.25) is 4.79 Å². The van der Waals surface area contributed by atoms with Crippen LogP contribution in [0.5, 0.6) is 0 Å². The first kappa shape index (κ1) is 14.7. The highest BCUT2D eigenvalue weighted by atomic mass is 16.3. The molecular formula is C22H18O2. The van der Waals surface area contributed by atoms with E-state index in [4.69, 9.17) is 4.42 Å². The molecular weight excluding hydrogens is 296 g/mol. The van der Waals surface area contributed by atoms with Crippen LogP contribution in [0.1, 0.15) is 36.0 Å². The van der Waals surface area contributed by atoms with Crippen LogP contribution in [0.25, 0.3) is 22.8 Å². The Balaban J connectivity index is 1.76. The fourth-order valence-electron chi connectivity index (χ4n) is 3.42. The van der Waals surface area contributed by atoms with Crippen molar-refractivity contribution in [3.63, 3.8) is 0 Å². The largest absolute Gasteiger partial charge is 0.472 e. The number of hydrogen-bond acceptors (Lipinski definition) is 2. The first-order valence-corrected chi connectivity index (χ1v) is 8.25. The molecule has 1 unspecified atom stereocenters. The lowest BCUT2D eigenvalue weighted by Gasteiger charge is -2.23. The molecule has 1 aliphatic carbocycles. The third kappa shape index (κ3) is 2.41. The van der Waals surface area contributed by atoms with Crippen molar-refractivity contribution < 1.29 is 9.21 Å². The second-order valence-corrected chi connectivity index (χ2v) is 6.10. The van der Waals surface area contributed by atoms with Gasteiger partial charge >= 0.3 is 0 Å². The van der Waals surface area contributed by atoms with Crippen molar-refractivity contribution in [3.8, 4) is 11.1 Å². The number of carbonyl (C=O) groups excluding carboxylic acids is 1. The Kier molecular flexibility index (Phi) is 3.66. The molecule has 1 heterocycles. The highest BCUT2D eigenvalue weighted by molar-refractivity contribution is 6.29. The first-order chi connectivity index (χ1) is 11.8. The van der Waals surface area contributed by atoms with Crippen LogP contribution in [0.3, 0.4) is 0 Å². The van der Waals surface area contributed by atoms with Gasteiger partial charge in [0.05, 0.1) is 12.5 Å². The van der Waals surface area contributed by atoms with Gasteiger partial charge in [-0.05, 0) is 40.8 Å². The highest BCUT2D eigenvalue weighted by Crippen LogP contribution is 2.37. The summed E-state index contributed by atoms with van der Waals surface area (Å²) in [5.74, 6) is 0.169. The molecule has 1 aliphatic rings. The average molecular weight is 314 g/mol.